The van der Waals surface area contributed by atoms with Gasteiger partial charge in [-0.1, -0.05) is 78.9 Å². The van der Waals surface area contributed by atoms with Gasteiger partial charge >= 0.3 is 0 Å². The van der Waals surface area contributed by atoms with E-state index in [-0.39, 0.29) is 30.9 Å². The van der Waals surface area contributed by atoms with Crippen LogP contribution in [-0.4, -0.2) is 40.0 Å². The number of amides is 2. The van der Waals surface area contributed by atoms with Gasteiger partial charge in [0.2, 0.25) is 0 Å². The maximum Gasteiger partial charge on any atom is 0.262 e. The van der Waals surface area contributed by atoms with Gasteiger partial charge in [0.15, 0.2) is 13.2 Å². The van der Waals surface area contributed by atoms with E-state index >= 15 is 0 Å². The zero-order valence-corrected chi connectivity index (χ0v) is 32.2. The van der Waals surface area contributed by atoms with Crippen LogP contribution < -0.4 is 20.1 Å². The maximum absolute atomic E-state index is 13.1. The number of pyridine rings is 3. The van der Waals surface area contributed by atoms with Crippen molar-refractivity contribution >= 4 is 55.9 Å². The number of para-hydroxylation sites is 3. The molecule has 3 heterocycles. The number of rotatable bonds is 11. The number of ether oxygens (including phenoxy) is 2. The van der Waals surface area contributed by atoms with E-state index in [0.717, 1.165) is 71.7 Å². The lowest BCUT2D eigenvalue weighted by Gasteiger charge is -2.24. The van der Waals surface area contributed by atoms with Gasteiger partial charge in [-0.2, -0.15) is 0 Å². The number of fused-ring (bicyclic) bond motifs is 3. The summed E-state index contributed by atoms with van der Waals surface area (Å²) in [7, 11) is 0. The van der Waals surface area contributed by atoms with Crippen molar-refractivity contribution in [3.63, 3.8) is 0 Å². The van der Waals surface area contributed by atoms with Crippen LogP contribution in [-0.2, 0) is 9.59 Å². The number of carbonyl (C=O) groups excluding carboxylic acids is 2. The number of benzene rings is 5. The quantitative estimate of drug-likeness (QED) is 0.135. The highest BCUT2D eigenvalue weighted by atomic mass is 16.5. The first kappa shape index (κ1) is 36.8. The van der Waals surface area contributed by atoms with Crippen molar-refractivity contribution in [2.75, 3.05) is 23.8 Å². The average Bonchev–Trinajstić information content (AvgIpc) is 3.21. The molecule has 0 unspecified atom stereocenters. The van der Waals surface area contributed by atoms with Crippen molar-refractivity contribution in [1.29, 1.82) is 0 Å². The summed E-state index contributed by atoms with van der Waals surface area (Å²) < 4.78 is 12.4. The number of aromatic nitrogens is 3. The van der Waals surface area contributed by atoms with Crippen molar-refractivity contribution in [3.05, 3.63) is 173 Å². The largest absolute Gasteiger partial charge is 0.483 e. The molecule has 8 aromatic rings. The smallest absolute Gasteiger partial charge is 0.262 e. The lowest BCUT2D eigenvalue weighted by molar-refractivity contribution is -0.118. The van der Waals surface area contributed by atoms with E-state index in [9.17, 15) is 9.59 Å². The fraction of sp³-hybridized carbons (Fsp3) is 0.146. The number of nitrogens with one attached hydrogen (secondary N) is 2. The molecular formula is C48H41N5O4. The summed E-state index contributed by atoms with van der Waals surface area (Å²) in [5, 5.41) is 8.87. The highest BCUT2D eigenvalue weighted by molar-refractivity contribution is 6.01. The van der Waals surface area contributed by atoms with E-state index in [0.29, 0.717) is 22.9 Å². The molecule has 0 aliphatic carbocycles. The van der Waals surface area contributed by atoms with E-state index < -0.39 is 0 Å². The van der Waals surface area contributed by atoms with Gasteiger partial charge in [-0.15, -0.1) is 0 Å². The van der Waals surface area contributed by atoms with E-state index in [1.807, 2.05) is 113 Å². The Morgan fingerprint density at radius 1 is 0.544 bits per heavy atom. The van der Waals surface area contributed by atoms with Crippen LogP contribution in [0.1, 0.15) is 44.9 Å². The topological polar surface area (TPSA) is 115 Å². The average molecular weight is 752 g/mol. The first-order valence-corrected chi connectivity index (χ1v) is 18.8. The SMILES string of the molecule is Cc1cc(C(c2cc(C)c(OCC(=O)Nc3cccc4cccnc34)c(C)c2)c2ccnc3ccccc23)cc(C)c1OCC(=O)Nc1cccc2cccnc12. The van der Waals surface area contributed by atoms with E-state index in [1.54, 1.807) is 12.4 Å². The second-order valence-electron chi connectivity index (χ2n) is 14.3. The van der Waals surface area contributed by atoms with E-state index in [4.69, 9.17) is 9.47 Å². The van der Waals surface area contributed by atoms with Crippen molar-refractivity contribution in [2.45, 2.75) is 33.6 Å². The fourth-order valence-corrected chi connectivity index (χ4v) is 7.74. The highest BCUT2D eigenvalue weighted by Crippen LogP contribution is 2.41. The zero-order chi connectivity index (χ0) is 39.5. The molecule has 9 nitrogen and oxygen atoms in total. The predicted molar refractivity (Wildman–Crippen MR) is 226 cm³/mol. The van der Waals surface area contributed by atoms with E-state index in [1.165, 1.54) is 0 Å². The Morgan fingerprint density at radius 2 is 1.02 bits per heavy atom. The number of hydrogen-bond acceptors (Lipinski definition) is 7. The maximum atomic E-state index is 13.1. The molecule has 0 saturated heterocycles. The Balaban J connectivity index is 1.06. The first-order chi connectivity index (χ1) is 27.7. The summed E-state index contributed by atoms with van der Waals surface area (Å²) in [6, 6.07) is 37.8. The fourth-order valence-electron chi connectivity index (χ4n) is 7.74. The Morgan fingerprint density at radius 3 is 1.53 bits per heavy atom. The van der Waals surface area contributed by atoms with Crippen LogP contribution in [0.5, 0.6) is 11.5 Å². The zero-order valence-electron chi connectivity index (χ0n) is 32.2. The molecule has 282 valence electrons. The molecule has 0 aliphatic heterocycles. The minimum atomic E-state index is -0.270. The van der Waals surface area contributed by atoms with Gasteiger partial charge in [0.05, 0.1) is 27.9 Å². The number of hydrogen-bond donors (Lipinski definition) is 2. The minimum absolute atomic E-state index is 0.153. The van der Waals surface area contributed by atoms with Crippen molar-refractivity contribution < 1.29 is 19.1 Å². The summed E-state index contributed by atoms with van der Waals surface area (Å²) >= 11 is 0. The second kappa shape index (κ2) is 15.9. The summed E-state index contributed by atoms with van der Waals surface area (Å²) in [4.78, 5) is 39.8. The van der Waals surface area contributed by atoms with Crippen molar-refractivity contribution in [2.24, 2.45) is 0 Å². The molecule has 0 saturated carbocycles. The molecule has 5 aromatic carbocycles. The number of carbonyl (C=O) groups is 2. The standard InChI is InChI=1S/C48H41N5O4/c1-29-23-35(24-30(2)47(29)56-27-42(54)52-40-17-7-11-33-13-9-20-50-45(33)40)44(38-19-22-49-39-16-6-5-15-37(38)39)36-25-31(3)48(32(4)26-36)57-28-43(55)53-41-18-8-12-34-14-10-21-51-46(34)41/h5-26,44H,27-28H2,1-4H3,(H,52,54)(H,53,55). The molecular weight excluding hydrogens is 711 g/mol. The highest BCUT2D eigenvalue weighted by Gasteiger charge is 2.24. The van der Waals surface area contributed by atoms with Crippen LogP contribution in [0.4, 0.5) is 11.4 Å². The van der Waals surface area contributed by atoms with Crippen LogP contribution in [0.15, 0.2) is 134 Å². The molecule has 0 atom stereocenters. The molecule has 57 heavy (non-hydrogen) atoms. The third-order valence-electron chi connectivity index (χ3n) is 10.1. The predicted octanol–water partition coefficient (Wildman–Crippen LogP) is 9.78. The molecule has 9 heteroatoms. The lowest BCUT2D eigenvalue weighted by atomic mass is 9.81. The summed E-state index contributed by atoms with van der Waals surface area (Å²) in [6.45, 7) is 7.72. The molecule has 8 rings (SSSR count). The van der Waals surface area contributed by atoms with Crippen molar-refractivity contribution in [1.82, 2.24) is 15.0 Å². The normalized spacial score (nSPS) is 11.2. The van der Waals surface area contributed by atoms with Crippen LogP contribution in [0.3, 0.4) is 0 Å². The number of aryl methyl sites for hydroxylation is 4. The summed E-state index contributed by atoms with van der Waals surface area (Å²) in [5.74, 6) is 0.607. The van der Waals surface area contributed by atoms with Gasteiger partial charge < -0.3 is 20.1 Å². The molecule has 2 amide bonds. The molecule has 0 spiro atoms. The Hall–Kier alpha value is -7.13. The lowest BCUT2D eigenvalue weighted by Crippen LogP contribution is -2.21. The number of anilines is 2. The van der Waals surface area contributed by atoms with Gasteiger partial charge in [0.1, 0.15) is 11.5 Å². The van der Waals surface area contributed by atoms with Gasteiger partial charge in [0.25, 0.3) is 11.8 Å². The number of nitrogens with zero attached hydrogens (tertiary/aromatic N) is 3. The Bertz CT molecular complexity index is 2600. The molecule has 3 aromatic heterocycles. The monoisotopic (exact) mass is 751 g/mol. The van der Waals surface area contributed by atoms with Crippen LogP contribution in [0.25, 0.3) is 32.7 Å². The van der Waals surface area contributed by atoms with Gasteiger partial charge in [-0.3, -0.25) is 24.5 Å². The molecule has 0 fully saturated rings. The van der Waals surface area contributed by atoms with E-state index in [2.05, 4.69) is 62.0 Å². The Labute approximate surface area is 330 Å². The van der Waals surface area contributed by atoms with Gasteiger partial charge in [0, 0.05) is 40.7 Å². The molecule has 0 bridgehead atoms. The van der Waals surface area contributed by atoms with Gasteiger partial charge in [-0.05, 0) is 103 Å². The third-order valence-corrected chi connectivity index (χ3v) is 10.1. The van der Waals surface area contributed by atoms with Gasteiger partial charge in [-0.25, -0.2) is 0 Å². The first-order valence-electron chi connectivity index (χ1n) is 18.8. The molecule has 0 aliphatic rings. The van der Waals surface area contributed by atoms with Crippen LogP contribution in [0.2, 0.25) is 0 Å². The van der Waals surface area contributed by atoms with Crippen molar-refractivity contribution in [3.8, 4) is 11.5 Å². The second-order valence-corrected chi connectivity index (χ2v) is 14.3. The summed E-state index contributed by atoms with van der Waals surface area (Å²) in [6.07, 6.45) is 5.28. The Kier molecular flexibility index (Phi) is 10.3. The molecule has 0 radical (unpaired) electrons. The third kappa shape index (κ3) is 7.73. The molecule has 2 N–H and O–H groups in total. The van der Waals surface area contributed by atoms with Crippen LogP contribution in [0, 0.1) is 27.7 Å². The summed E-state index contributed by atoms with van der Waals surface area (Å²) in [5.41, 5.74) is 10.5. The minimum Gasteiger partial charge on any atom is -0.483 e. The van der Waals surface area contributed by atoms with Crippen LogP contribution >= 0.6 is 0 Å².